The van der Waals surface area contributed by atoms with Crippen molar-refractivity contribution in [3.63, 3.8) is 0 Å². The number of alkyl halides is 2. The third-order valence-corrected chi connectivity index (χ3v) is 6.65. The lowest BCUT2D eigenvalue weighted by Crippen LogP contribution is -2.41. The Balaban J connectivity index is 1.50. The Morgan fingerprint density at radius 1 is 1.06 bits per heavy atom. The molecule has 1 atom stereocenters. The van der Waals surface area contributed by atoms with Gasteiger partial charge in [0.25, 0.3) is 5.92 Å². The molecule has 8 heteroatoms. The summed E-state index contributed by atoms with van der Waals surface area (Å²) >= 11 is 0. The van der Waals surface area contributed by atoms with Gasteiger partial charge < -0.3 is 15.3 Å². The number of furan rings is 1. The predicted molar refractivity (Wildman–Crippen MR) is 128 cm³/mol. The second-order valence-electron chi connectivity index (χ2n) is 9.07. The molecule has 0 amide bonds. The molecule has 35 heavy (non-hydrogen) atoms. The zero-order valence-corrected chi connectivity index (χ0v) is 19.3. The number of piperidine rings is 1. The molecular weight excluding hydrogens is 455 g/mol. The number of aliphatic hydroxyl groups is 1. The van der Waals surface area contributed by atoms with Crippen LogP contribution in [0.25, 0.3) is 33.2 Å². The zero-order chi connectivity index (χ0) is 24.7. The monoisotopic (exact) mass is 481 g/mol. The number of aryl methyl sites for hydroxylation is 1. The smallest absolute Gasteiger partial charge is 0.250 e. The summed E-state index contributed by atoms with van der Waals surface area (Å²) in [4.78, 5) is 5.49. The summed E-state index contributed by atoms with van der Waals surface area (Å²) in [6.45, 7) is 2.35. The van der Waals surface area contributed by atoms with Gasteiger partial charge in [0.15, 0.2) is 0 Å². The highest BCUT2D eigenvalue weighted by molar-refractivity contribution is 5.97. The van der Waals surface area contributed by atoms with E-state index in [0.29, 0.717) is 16.9 Å². The number of aromatic nitrogens is 1. The lowest BCUT2D eigenvalue weighted by atomic mass is 9.95. The number of pyridine rings is 1. The molecule has 1 fully saturated rings. The Hall–Kier alpha value is -3.20. The van der Waals surface area contributed by atoms with Crippen LogP contribution in [0.1, 0.15) is 36.0 Å². The van der Waals surface area contributed by atoms with Crippen LogP contribution in [-0.2, 0) is 6.54 Å². The highest BCUT2D eigenvalue weighted by Crippen LogP contribution is 2.38. The van der Waals surface area contributed by atoms with Crippen molar-refractivity contribution in [1.82, 2.24) is 9.88 Å². The van der Waals surface area contributed by atoms with Gasteiger partial charge in [-0.15, -0.1) is 0 Å². The summed E-state index contributed by atoms with van der Waals surface area (Å²) in [6, 6.07) is 14.6. The van der Waals surface area contributed by atoms with E-state index in [1.165, 1.54) is 12.3 Å². The fraction of sp³-hybridized carbons (Fsp3) is 0.296. The van der Waals surface area contributed by atoms with Crippen molar-refractivity contribution >= 4 is 11.0 Å². The van der Waals surface area contributed by atoms with Crippen LogP contribution in [-0.4, -0.2) is 34.0 Å². The van der Waals surface area contributed by atoms with E-state index in [2.05, 4.69) is 4.98 Å². The van der Waals surface area contributed by atoms with Gasteiger partial charge in [-0.05, 0) is 53.4 Å². The Morgan fingerprint density at radius 2 is 1.77 bits per heavy atom. The maximum Gasteiger partial charge on any atom is 0.250 e. The number of hydrogen-bond acceptors (Lipinski definition) is 5. The first-order valence-corrected chi connectivity index (χ1v) is 11.5. The Kier molecular flexibility index (Phi) is 6.13. The van der Waals surface area contributed by atoms with E-state index < -0.39 is 18.1 Å². The molecule has 4 aromatic rings. The Labute approximate surface area is 201 Å². The van der Waals surface area contributed by atoms with Crippen LogP contribution >= 0.6 is 0 Å². The number of halogens is 3. The molecule has 1 aliphatic rings. The molecule has 5 rings (SSSR count). The van der Waals surface area contributed by atoms with E-state index in [1.807, 2.05) is 49.4 Å². The van der Waals surface area contributed by atoms with Crippen LogP contribution in [0.3, 0.4) is 0 Å². The fourth-order valence-electron chi connectivity index (χ4n) is 4.63. The fourth-order valence-corrected chi connectivity index (χ4v) is 4.63. The first-order chi connectivity index (χ1) is 16.7. The molecule has 0 bridgehead atoms. The van der Waals surface area contributed by atoms with E-state index in [4.69, 9.17) is 10.2 Å². The van der Waals surface area contributed by atoms with Crippen molar-refractivity contribution in [3.8, 4) is 22.3 Å². The van der Waals surface area contributed by atoms with Crippen molar-refractivity contribution in [2.75, 3.05) is 13.1 Å². The minimum Gasteiger partial charge on any atom is -0.459 e. The van der Waals surface area contributed by atoms with E-state index in [0.717, 1.165) is 33.2 Å². The number of nitrogens with zero attached hydrogens (tertiary/aromatic N) is 2. The predicted octanol–water partition coefficient (Wildman–Crippen LogP) is 5.79. The molecular formula is C27H26F3N3O2. The van der Waals surface area contributed by atoms with Crippen LogP contribution in [0.15, 0.2) is 59.1 Å². The lowest BCUT2D eigenvalue weighted by Gasteiger charge is -2.35. The van der Waals surface area contributed by atoms with E-state index >= 15 is 0 Å². The van der Waals surface area contributed by atoms with Crippen molar-refractivity contribution < 1.29 is 22.7 Å². The first-order valence-electron chi connectivity index (χ1n) is 11.5. The van der Waals surface area contributed by atoms with Crippen molar-refractivity contribution in [2.24, 2.45) is 5.73 Å². The molecule has 1 saturated heterocycles. The molecule has 1 unspecified atom stereocenters. The normalized spacial score (nSPS) is 17.1. The lowest BCUT2D eigenvalue weighted by molar-refractivity contribution is -0.0961. The summed E-state index contributed by atoms with van der Waals surface area (Å²) in [5, 5.41) is 11.6. The number of nitrogens with two attached hydrogens (primary N) is 1. The molecule has 2 aromatic heterocycles. The molecule has 0 saturated carbocycles. The largest absolute Gasteiger partial charge is 0.459 e. The second kappa shape index (κ2) is 9.11. The summed E-state index contributed by atoms with van der Waals surface area (Å²) in [5.41, 5.74) is 11.2. The molecule has 182 valence electrons. The average Bonchev–Trinajstić information content (AvgIpc) is 3.27. The van der Waals surface area contributed by atoms with Gasteiger partial charge in [0, 0.05) is 48.6 Å². The number of hydrogen-bond donors (Lipinski definition) is 2. The molecule has 0 radical (unpaired) electrons. The topological polar surface area (TPSA) is 75.5 Å². The van der Waals surface area contributed by atoms with Gasteiger partial charge in [-0.1, -0.05) is 24.3 Å². The van der Waals surface area contributed by atoms with Gasteiger partial charge in [-0.2, -0.15) is 4.39 Å². The molecule has 2 aromatic carbocycles. The molecule has 0 aliphatic carbocycles. The zero-order valence-electron chi connectivity index (χ0n) is 19.3. The van der Waals surface area contributed by atoms with Gasteiger partial charge in [-0.25, -0.2) is 13.8 Å². The number of likely N-dealkylation sites (tertiary alicyclic amines) is 1. The van der Waals surface area contributed by atoms with Gasteiger partial charge >= 0.3 is 0 Å². The van der Waals surface area contributed by atoms with E-state index in [1.54, 1.807) is 4.90 Å². The molecule has 3 heterocycles. The van der Waals surface area contributed by atoms with Crippen LogP contribution in [0.5, 0.6) is 0 Å². The van der Waals surface area contributed by atoms with E-state index in [-0.39, 0.29) is 32.5 Å². The van der Waals surface area contributed by atoms with Crippen LogP contribution in [0, 0.1) is 12.9 Å². The maximum absolute atomic E-state index is 13.6. The minimum absolute atomic E-state index is 0.144. The van der Waals surface area contributed by atoms with Crippen LogP contribution in [0.4, 0.5) is 13.2 Å². The first kappa shape index (κ1) is 23.5. The quantitative estimate of drug-likeness (QED) is 0.353. The SMILES string of the molecule is Cc1cc(F)ncc1-c1cc(-c2ccc(C(O)N3CCC(F)(F)CC3)cc2)cc2cc(CN)oc12. The number of benzene rings is 2. The third kappa shape index (κ3) is 4.69. The maximum atomic E-state index is 13.6. The molecule has 3 N–H and O–H groups in total. The minimum atomic E-state index is -2.66. The summed E-state index contributed by atoms with van der Waals surface area (Å²) in [6.07, 6.45) is 0.0538. The van der Waals surface area contributed by atoms with Crippen LogP contribution in [0.2, 0.25) is 0 Å². The van der Waals surface area contributed by atoms with Crippen molar-refractivity contribution in [3.05, 3.63) is 77.6 Å². The number of aliphatic hydroxyl groups excluding tert-OH is 1. The van der Waals surface area contributed by atoms with Gasteiger partial charge in [0.1, 0.15) is 17.6 Å². The standard InChI is InChI=1S/C27H26F3N3O2/c1-16-10-24(28)32-15-23(16)22-13-19(11-20-12-21(14-31)35-25(20)22)17-2-4-18(5-3-17)26(34)33-8-6-27(29,30)7-9-33/h2-5,10-13,15,26,34H,6-9,14,31H2,1H3. The Morgan fingerprint density at radius 3 is 2.43 bits per heavy atom. The average molecular weight is 482 g/mol. The molecule has 5 nitrogen and oxygen atoms in total. The Bertz CT molecular complexity index is 1360. The highest BCUT2D eigenvalue weighted by Gasteiger charge is 2.36. The third-order valence-electron chi connectivity index (χ3n) is 6.65. The van der Waals surface area contributed by atoms with Crippen molar-refractivity contribution in [2.45, 2.75) is 38.5 Å². The second-order valence-corrected chi connectivity index (χ2v) is 9.07. The summed E-state index contributed by atoms with van der Waals surface area (Å²) in [7, 11) is 0. The van der Waals surface area contributed by atoms with Crippen molar-refractivity contribution in [1.29, 1.82) is 0 Å². The molecule has 1 aliphatic heterocycles. The van der Waals surface area contributed by atoms with Gasteiger partial charge in [-0.3, -0.25) is 4.90 Å². The van der Waals surface area contributed by atoms with E-state index in [9.17, 15) is 18.3 Å². The highest BCUT2D eigenvalue weighted by atomic mass is 19.3. The van der Waals surface area contributed by atoms with Gasteiger partial charge in [0.05, 0.1) is 6.54 Å². The number of rotatable bonds is 5. The number of fused-ring (bicyclic) bond motifs is 1. The summed E-state index contributed by atoms with van der Waals surface area (Å²) < 4.78 is 46.6. The van der Waals surface area contributed by atoms with Gasteiger partial charge in [0.2, 0.25) is 5.95 Å². The summed E-state index contributed by atoms with van der Waals surface area (Å²) in [5.74, 6) is -2.57. The molecule has 0 spiro atoms. The van der Waals surface area contributed by atoms with Crippen LogP contribution < -0.4 is 5.73 Å².